The number of carbonyl (C=O) groups is 1. The van der Waals surface area contributed by atoms with Crippen LogP contribution in [-0.4, -0.2) is 31.3 Å². The van der Waals surface area contributed by atoms with Gasteiger partial charge in [-0.2, -0.15) is 0 Å². The summed E-state index contributed by atoms with van der Waals surface area (Å²) >= 11 is 0. The predicted octanol–water partition coefficient (Wildman–Crippen LogP) is 2.47. The average molecular weight is 306 g/mol. The molecule has 1 aliphatic rings. The van der Waals surface area contributed by atoms with E-state index in [1.807, 2.05) is 39.0 Å². The van der Waals surface area contributed by atoms with Crippen LogP contribution in [0.2, 0.25) is 0 Å². The van der Waals surface area contributed by atoms with Gasteiger partial charge in [0.25, 0.3) is 0 Å². The maximum absolute atomic E-state index is 12.0. The fourth-order valence-electron chi connectivity index (χ4n) is 2.33. The number of hydrogen-bond donors (Lipinski definition) is 2. The third-order valence-electron chi connectivity index (χ3n) is 4.11. The molecule has 2 atom stereocenters. The zero-order chi connectivity index (χ0) is 16.1. The Bertz CT molecular complexity index is 511. The molecule has 2 unspecified atom stereocenters. The lowest BCUT2D eigenvalue weighted by atomic mass is 10.0. The second-order valence-corrected chi connectivity index (χ2v) is 6.05. The number of amides is 1. The normalized spacial score (nSPS) is 18.5. The van der Waals surface area contributed by atoms with Crippen molar-refractivity contribution in [1.29, 1.82) is 0 Å². The molecule has 22 heavy (non-hydrogen) atoms. The Labute approximate surface area is 132 Å². The molecule has 1 aromatic rings. The summed E-state index contributed by atoms with van der Waals surface area (Å²) in [5.41, 5.74) is 7.54. The second-order valence-electron chi connectivity index (χ2n) is 6.05. The first kappa shape index (κ1) is 16.8. The highest BCUT2D eigenvalue weighted by Crippen LogP contribution is 2.25. The van der Waals surface area contributed by atoms with Crippen LogP contribution >= 0.6 is 0 Å². The highest BCUT2D eigenvalue weighted by molar-refractivity contribution is 5.92. The number of carbonyl (C=O) groups excluding carboxylic acids is 1. The zero-order valence-corrected chi connectivity index (χ0v) is 13.6. The molecule has 1 heterocycles. The Morgan fingerprint density at radius 2 is 2.05 bits per heavy atom. The molecular weight excluding hydrogens is 280 g/mol. The summed E-state index contributed by atoms with van der Waals surface area (Å²) in [6, 6.07) is 5.54. The van der Waals surface area contributed by atoms with Gasteiger partial charge in [-0.05, 0) is 37.6 Å². The molecule has 3 N–H and O–H groups in total. The van der Waals surface area contributed by atoms with E-state index in [1.165, 1.54) is 0 Å². The quantitative estimate of drug-likeness (QED) is 0.876. The molecule has 1 saturated heterocycles. The highest BCUT2D eigenvalue weighted by Gasteiger charge is 2.18. The summed E-state index contributed by atoms with van der Waals surface area (Å²) in [4.78, 5) is 12.0. The van der Waals surface area contributed by atoms with Gasteiger partial charge in [0, 0.05) is 24.6 Å². The molecule has 1 aliphatic heterocycles. The minimum atomic E-state index is -0.224. The van der Waals surface area contributed by atoms with E-state index in [1.54, 1.807) is 0 Å². The lowest BCUT2D eigenvalue weighted by Crippen LogP contribution is -2.34. The third-order valence-corrected chi connectivity index (χ3v) is 4.11. The van der Waals surface area contributed by atoms with Crippen molar-refractivity contribution < 1.29 is 14.3 Å². The molecule has 1 amide bonds. The van der Waals surface area contributed by atoms with Crippen molar-refractivity contribution >= 4 is 11.6 Å². The number of anilines is 1. The molecule has 122 valence electrons. The van der Waals surface area contributed by atoms with Crippen LogP contribution in [0.5, 0.6) is 5.75 Å². The van der Waals surface area contributed by atoms with Crippen LogP contribution in [0, 0.1) is 12.8 Å². The van der Waals surface area contributed by atoms with E-state index in [0.717, 1.165) is 43.1 Å². The second kappa shape index (κ2) is 7.61. The number of hydrogen-bond acceptors (Lipinski definition) is 4. The lowest BCUT2D eigenvalue weighted by molar-refractivity contribution is -0.119. The number of rotatable bonds is 5. The van der Waals surface area contributed by atoms with Gasteiger partial charge in [-0.1, -0.05) is 6.92 Å². The standard InChI is InChI=1S/C17H26N2O3/c1-11-10-14(19-17(20)12(2)13(3)18)4-5-16(11)22-15-6-8-21-9-7-15/h4-5,10,12-13,15H,6-9,18H2,1-3H3,(H,19,20). The van der Waals surface area contributed by atoms with E-state index in [4.69, 9.17) is 15.2 Å². The maximum atomic E-state index is 12.0. The molecule has 0 aliphatic carbocycles. The summed E-state index contributed by atoms with van der Waals surface area (Å²) in [5.74, 6) is 0.580. The molecular formula is C17H26N2O3. The van der Waals surface area contributed by atoms with E-state index < -0.39 is 0 Å². The van der Waals surface area contributed by atoms with Crippen LogP contribution in [0.1, 0.15) is 32.3 Å². The topological polar surface area (TPSA) is 73.6 Å². The molecule has 0 radical (unpaired) electrons. The fourth-order valence-corrected chi connectivity index (χ4v) is 2.33. The first-order valence-corrected chi connectivity index (χ1v) is 7.89. The first-order chi connectivity index (χ1) is 10.5. The van der Waals surface area contributed by atoms with Crippen LogP contribution < -0.4 is 15.8 Å². The molecule has 0 saturated carbocycles. The Morgan fingerprint density at radius 1 is 1.36 bits per heavy atom. The van der Waals surface area contributed by atoms with Crippen molar-refractivity contribution in [2.24, 2.45) is 11.7 Å². The number of nitrogens with two attached hydrogens (primary N) is 1. The lowest BCUT2D eigenvalue weighted by Gasteiger charge is -2.24. The van der Waals surface area contributed by atoms with E-state index in [9.17, 15) is 4.79 Å². The van der Waals surface area contributed by atoms with Crippen molar-refractivity contribution in [3.05, 3.63) is 23.8 Å². The average Bonchev–Trinajstić information content (AvgIpc) is 2.50. The van der Waals surface area contributed by atoms with Crippen LogP contribution in [0.4, 0.5) is 5.69 Å². The van der Waals surface area contributed by atoms with Gasteiger partial charge >= 0.3 is 0 Å². The van der Waals surface area contributed by atoms with E-state index in [-0.39, 0.29) is 24.0 Å². The molecule has 1 fully saturated rings. The smallest absolute Gasteiger partial charge is 0.228 e. The van der Waals surface area contributed by atoms with E-state index in [0.29, 0.717) is 0 Å². The fraction of sp³-hybridized carbons (Fsp3) is 0.588. The maximum Gasteiger partial charge on any atom is 0.228 e. The van der Waals surface area contributed by atoms with E-state index >= 15 is 0 Å². The molecule has 5 heteroatoms. The van der Waals surface area contributed by atoms with Crippen molar-refractivity contribution in [2.45, 2.75) is 45.8 Å². The number of ether oxygens (including phenoxy) is 2. The SMILES string of the molecule is Cc1cc(NC(=O)C(C)C(C)N)ccc1OC1CCOCC1. The van der Waals surface area contributed by atoms with Crippen LogP contribution in [0.25, 0.3) is 0 Å². The van der Waals surface area contributed by atoms with Gasteiger partial charge in [0.2, 0.25) is 5.91 Å². The van der Waals surface area contributed by atoms with Gasteiger partial charge in [-0.25, -0.2) is 0 Å². The Kier molecular flexibility index (Phi) is 5.80. The summed E-state index contributed by atoms with van der Waals surface area (Å²) in [7, 11) is 0. The van der Waals surface area contributed by atoms with Crippen LogP contribution in [-0.2, 0) is 9.53 Å². The van der Waals surface area contributed by atoms with Crippen molar-refractivity contribution in [1.82, 2.24) is 0 Å². The predicted molar refractivity (Wildman–Crippen MR) is 87.1 cm³/mol. The van der Waals surface area contributed by atoms with Gasteiger partial charge in [0.05, 0.1) is 19.1 Å². The summed E-state index contributed by atoms with van der Waals surface area (Å²) in [6.45, 7) is 7.16. The molecule has 0 bridgehead atoms. The van der Waals surface area contributed by atoms with Crippen molar-refractivity contribution in [3.63, 3.8) is 0 Å². The highest BCUT2D eigenvalue weighted by atomic mass is 16.5. The van der Waals surface area contributed by atoms with Gasteiger partial charge in [0.1, 0.15) is 11.9 Å². The van der Waals surface area contributed by atoms with Crippen LogP contribution in [0.15, 0.2) is 18.2 Å². The molecule has 0 aromatic heterocycles. The number of aryl methyl sites for hydroxylation is 1. The monoisotopic (exact) mass is 306 g/mol. The van der Waals surface area contributed by atoms with Gasteiger partial charge < -0.3 is 20.5 Å². The largest absolute Gasteiger partial charge is 0.490 e. The molecule has 5 nitrogen and oxygen atoms in total. The van der Waals surface area contributed by atoms with Crippen LogP contribution in [0.3, 0.4) is 0 Å². The molecule has 1 aromatic carbocycles. The van der Waals surface area contributed by atoms with E-state index in [2.05, 4.69) is 5.32 Å². The summed E-state index contributed by atoms with van der Waals surface area (Å²) < 4.78 is 11.4. The van der Waals surface area contributed by atoms with Crippen molar-refractivity contribution in [3.8, 4) is 5.75 Å². The third kappa shape index (κ3) is 4.45. The summed E-state index contributed by atoms with van der Waals surface area (Å²) in [6.07, 6.45) is 2.05. The van der Waals surface area contributed by atoms with Gasteiger partial charge in [-0.15, -0.1) is 0 Å². The first-order valence-electron chi connectivity index (χ1n) is 7.89. The van der Waals surface area contributed by atoms with Gasteiger partial charge in [-0.3, -0.25) is 4.79 Å². The summed E-state index contributed by atoms with van der Waals surface area (Å²) in [5, 5.41) is 2.90. The Morgan fingerprint density at radius 3 is 2.64 bits per heavy atom. The minimum Gasteiger partial charge on any atom is -0.490 e. The molecule has 2 rings (SSSR count). The Hall–Kier alpha value is -1.59. The zero-order valence-electron chi connectivity index (χ0n) is 13.6. The van der Waals surface area contributed by atoms with Crippen molar-refractivity contribution in [2.75, 3.05) is 18.5 Å². The minimum absolute atomic E-state index is 0.0625. The Balaban J connectivity index is 1.98. The molecule has 0 spiro atoms. The number of benzene rings is 1. The van der Waals surface area contributed by atoms with Gasteiger partial charge in [0.15, 0.2) is 0 Å². The number of nitrogens with one attached hydrogen (secondary N) is 1.